The summed E-state index contributed by atoms with van der Waals surface area (Å²) in [5.41, 5.74) is 7.68. The summed E-state index contributed by atoms with van der Waals surface area (Å²) in [6, 6.07) is 6.80. The first-order valence-electron chi connectivity index (χ1n) is 5.81. The number of nitrogen functional groups attached to an aromatic ring is 1. The fourth-order valence-corrected chi connectivity index (χ4v) is 1.81. The van der Waals surface area contributed by atoms with Crippen molar-refractivity contribution in [3.8, 4) is 5.75 Å². The van der Waals surface area contributed by atoms with Gasteiger partial charge in [-0.3, -0.25) is 4.79 Å². The second-order valence-electron chi connectivity index (χ2n) is 4.29. The molecule has 2 rings (SSSR count). The van der Waals surface area contributed by atoms with Crippen molar-refractivity contribution in [1.29, 1.82) is 0 Å². The van der Waals surface area contributed by atoms with E-state index in [1.807, 2.05) is 6.07 Å². The number of methoxy groups -OCH3 is 1. The highest BCUT2D eigenvalue weighted by Gasteiger charge is 2.14. The lowest BCUT2D eigenvalue weighted by molar-refractivity contribution is 0.0784. The van der Waals surface area contributed by atoms with E-state index in [0.717, 1.165) is 5.56 Å². The molecule has 0 atom stereocenters. The van der Waals surface area contributed by atoms with Gasteiger partial charge in [-0.05, 0) is 18.2 Å². The topological polar surface area (TPSA) is 68.7 Å². The Bertz CT molecular complexity index is 564. The zero-order chi connectivity index (χ0) is 13.8. The van der Waals surface area contributed by atoms with Crippen molar-refractivity contribution in [2.45, 2.75) is 6.54 Å². The van der Waals surface area contributed by atoms with E-state index in [2.05, 4.69) is 0 Å². The Balaban J connectivity index is 2.16. The largest absolute Gasteiger partial charge is 0.497 e. The Labute approximate surface area is 111 Å². The average Bonchev–Trinajstić information content (AvgIpc) is 2.89. The monoisotopic (exact) mass is 260 g/mol. The standard InChI is InChI=1S/C14H16N2O3/c1-16(8-10-3-4-19-9-10)14(17)11-5-12(15)7-13(6-11)18-2/h3-7,9H,8,15H2,1-2H3. The normalized spacial score (nSPS) is 10.2. The molecular weight excluding hydrogens is 244 g/mol. The van der Waals surface area contributed by atoms with Crippen molar-refractivity contribution in [3.05, 3.63) is 47.9 Å². The maximum atomic E-state index is 12.3. The smallest absolute Gasteiger partial charge is 0.254 e. The molecule has 0 saturated carbocycles. The fourth-order valence-electron chi connectivity index (χ4n) is 1.81. The first kappa shape index (κ1) is 13.0. The van der Waals surface area contributed by atoms with Crippen LogP contribution in [0, 0.1) is 0 Å². The summed E-state index contributed by atoms with van der Waals surface area (Å²) in [5.74, 6) is 0.451. The summed E-state index contributed by atoms with van der Waals surface area (Å²) in [7, 11) is 3.27. The zero-order valence-electron chi connectivity index (χ0n) is 10.9. The maximum Gasteiger partial charge on any atom is 0.254 e. The average molecular weight is 260 g/mol. The van der Waals surface area contributed by atoms with E-state index in [0.29, 0.717) is 23.5 Å². The van der Waals surface area contributed by atoms with Crippen LogP contribution >= 0.6 is 0 Å². The number of ether oxygens (including phenoxy) is 1. The number of carbonyl (C=O) groups is 1. The molecule has 0 aliphatic carbocycles. The molecule has 19 heavy (non-hydrogen) atoms. The molecule has 0 fully saturated rings. The van der Waals surface area contributed by atoms with Crippen LogP contribution in [0.25, 0.3) is 0 Å². The number of hydrogen-bond donors (Lipinski definition) is 1. The lowest BCUT2D eigenvalue weighted by Gasteiger charge is -2.17. The summed E-state index contributed by atoms with van der Waals surface area (Å²) in [5, 5.41) is 0. The van der Waals surface area contributed by atoms with Crippen LogP contribution in [0.15, 0.2) is 41.2 Å². The third-order valence-corrected chi connectivity index (χ3v) is 2.76. The van der Waals surface area contributed by atoms with Gasteiger partial charge in [0.25, 0.3) is 5.91 Å². The van der Waals surface area contributed by atoms with E-state index in [4.69, 9.17) is 14.9 Å². The summed E-state index contributed by atoms with van der Waals surface area (Å²) >= 11 is 0. The van der Waals surface area contributed by atoms with Gasteiger partial charge in [-0.25, -0.2) is 0 Å². The molecule has 0 radical (unpaired) electrons. The van der Waals surface area contributed by atoms with Gasteiger partial charge in [-0.1, -0.05) is 0 Å². The van der Waals surface area contributed by atoms with Crippen molar-refractivity contribution in [1.82, 2.24) is 4.90 Å². The van der Waals surface area contributed by atoms with E-state index in [-0.39, 0.29) is 5.91 Å². The Morgan fingerprint density at radius 2 is 2.21 bits per heavy atom. The van der Waals surface area contributed by atoms with Gasteiger partial charge in [0.05, 0.1) is 19.6 Å². The molecule has 2 N–H and O–H groups in total. The van der Waals surface area contributed by atoms with Crippen LogP contribution in [0.2, 0.25) is 0 Å². The quantitative estimate of drug-likeness (QED) is 0.855. The number of carbonyl (C=O) groups excluding carboxylic acids is 1. The van der Waals surface area contributed by atoms with Crippen LogP contribution in [0.3, 0.4) is 0 Å². The number of anilines is 1. The molecule has 0 spiro atoms. The number of benzene rings is 1. The summed E-state index contributed by atoms with van der Waals surface area (Å²) in [4.78, 5) is 13.9. The molecule has 2 aromatic rings. The highest BCUT2D eigenvalue weighted by molar-refractivity contribution is 5.95. The number of nitrogens with zero attached hydrogens (tertiary/aromatic N) is 1. The summed E-state index contributed by atoms with van der Waals surface area (Å²) in [6.07, 6.45) is 3.20. The molecular formula is C14H16N2O3. The Morgan fingerprint density at radius 3 is 2.84 bits per heavy atom. The lowest BCUT2D eigenvalue weighted by atomic mass is 10.1. The van der Waals surface area contributed by atoms with E-state index < -0.39 is 0 Å². The number of hydrogen-bond acceptors (Lipinski definition) is 4. The second-order valence-corrected chi connectivity index (χ2v) is 4.29. The van der Waals surface area contributed by atoms with Gasteiger partial charge in [0.2, 0.25) is 0 Å². The molecule has 0 aliphatic heterocycles. The highest BCUT2D eigenvalue weighted by atomic mass is 16.5. The Hall–Kier alpha value is -2.43. The maximum absolute atomic E-state index is 12.3. The van der Waals surface area contributed by atoms with Crippen LogP contribution in [0.1, 0.15) is 15.9 Å². The molecule has 100 valence electrons. The van der Waals surface area contributed by atoms with E-state index in [1.54, 1.807) is 42.7 Å². The Kier molecular flexibility index (Phi) is 3.75. The molecule has 1 amide bonds. The van der Waals surface area contributed by atoms with Gasteiger partial charge in [0.1, 0.15) is 5.75 Å². The van der Waals surface area contributed by atoms with E-state index in [1.165, 1.54) is 7.11 Å². The minimum atomic E-state index is -0.119. The van der Waals surface area contributed by atoms with Gasteiger partial charge in [0, 0.05) is 36.5 Å². The number of amides is 1. The highest BCUT2D eigenvalue weighted by Crippen LogP contribution is 2.20. The van der Waals surface area contributed by atoms with Crippen molar-refractivity contribution < 1.29 is 13.9 Å². The van der Waals surface area contributed by atoms with Crippen LogP contribution in [0.4, 0.5) is 5.69 Å². The van der Waals surface area contributed by atoms with Crippen molar-refractivity contribution >= 4 is 11.6 Å². The lowest BCUT2D eigenvalue weighted by Crippen LogP contribution is -2.26. The number of nitrogens with two attached hydrogens (primary N) is 1. The zero-order valence-corrected chi connectivity index (χ0v) is 10.9. The van der Waals surface area contributed by atoms with Crippen molar-refractivity contribution in [2.75, 3.05) is 19.9 Å². The molecule has 0 aliphatic rings. The molecule has 1 heterocycles. The predicted octanol–water partition coefficient (Wildman–Crippen LogP) is 2.14. The van der Waals surface area contributed by atoms with Crippen molar-refractivity contribution in [3.63, 3.8) is 0 Å². The molecule has 1 aromatic carbocycles. The van der Waals surface area contributed by atoms with Crippen LogP contribution < -0.4 is 10.5 Å². The third kappa shape index (κ3) is 3.07. The first-order chi connectivity index (χ1) is 9.10. The fraction of sp³-hybridized carbons (Fsp3) is 0.214. The Morgan fingerprint density at radius 1 is 1.42 bits per heavy atom. The molecule has 0 unspecified atom stereocenters. The van der Waals surface area contributed by atoms with Crippen LogP contribution in [-0.4, -0.2) is 25.0 Å². The molecule has 1 aromatic heterocycles. The van der Waals surface area contributed by atoms with Gasteiger partial charge in [-0.2, -0.15) is 0 Å². The summed E-state index contributed by atoms with van der Waals surface area (Å²) in [6.45, 7) is 0.479. The van der Waals surface area contributed by atoms with Crippen LogP contribution in [0.5, 0.6) is 5.75 Å². The van der Waals surface area contributed by atoms with Gasteiger partial charge < -0.3 is 19.8 Å². The SMILES string of the molecule is COc1cc(N)cc(C(=O)N(C)Cc2ccoc2)c1. The van der Waals surface area contributed by atoms with E-state index >= 15 is 0 Å². The molecule has 5 heteroatoms. The first-order valence-corrected chi connectivity index (χ1v) is 5.81. The van der Waals surface area contributed by atoms with E-state index in [9.17, 15) is 4.79 Å². The van der Waals surface area contributed by atoms with Crippen LogP contribution in [-0.2, 0) is 6.54 Å². The molecule has 0 saturated heterocycles. The van der Waals surface area contributed by atoms with Gasteiger partial charge in [0.15, 0.2) is 0 Å². The summed E-state index contributed by atoms with van der Waals surface area (Å²) < 4.78 is 10.1. The number of rotatable bonds is 4. The number of furan rings is 1. The van der Waals surface area contributed by atoms with Gasteiger partial charge >= 0.3 is 0 Å². The molecule has 0 bridgehead atoms. The van der Waals surface area contributed by atoms with Crippen molar-refractivity contribution in [2.24, 2.45) is 0 Å². The predicted molar refractivity (Wildman–Crippen MR) is 71.9 cm³/mol. The molecule has 5 nitrogen and oxygen atoms in total. The van der Waals surface area contributed by atoms with Gasteiger partial charge in [-0.15, -0.1) is 0 Å². The minimum absolute atomic E-state index is 0.119. The minimum Gasteiger partial charge on any atom is -0.497 e. The third-order valence-electron chi connectivity index (χ3n) is 2.76. The second kappa shape index (κ2) is 5.48.